The summed E-state index contributed by atoms with van der Waals surface area (Å²) in [6.07, 6.45) is 2.54. The number of hydrazine groups is 1. The minimum absolute atomic E-state index is 0.0378. The maximum absolute atomic E-state index is 6.02. The molecule has 0 aliphatic carbocycles. The van der Waals surface area contributed by atoms with E-state index in [4.69, 9.17) is 17.4 Å². The summed E-state index contributed by atoms with van der Waals surface area (Å²) in [5, 5.41) is 0.771. The third-order valence-corrected chi connectivity index (χ3v) is 3.35. The van der Waals surface area contributed by atoms with E-state index in [0.29, 0.717) is 0 Å². The third-order valence-electron chi connectivity index (χ3n) is 2.92. The van der Waals surface area contributed by atoms with E-state index in [1.807, 2.05) is 37.3 Å². The molecule has 1 aromatic heterocycles. The van der Waals surface area contributed by atoms with E-state index in [0.717, 1.165) is 28.3 Å². The number of nitrogens with one attached hydrogen (secondary N) is 1. The van der Waals surface area contributed by atoms with E-state index in [2.05, 4.69) is 16.5 Å². The molecule has 0 saturated carbocycles. The highest BCUT2D eigenvalue weighted by Crippen LogP contribution is 2.22. The summed E-state index contributed by atoms with van der Waals surface area (Å²) < 4.78 is 0. The van der Waals surface area contributed by atoms with Crippen LogP contribution in [0.15, 0.2) is 42.6 Å². The van der Waals surface area contributed by atoms with Crippen LogP contribution in [0, 0.1) is 6.92 Å². The molecule has 1 heterocycles. The monoisotopic (exact) mass is 261 g/mol. The molecule has 4 heteroatoms. The Morgan fingerprint density at radius 1 is 1.33 bits per heavy atom. The summed E-state index contributed by atoms with van der Waals surface area (Å²) in [4.78, 5) is 4.31. The molecule has 0 bridgehead atoms. The molecule has 18 heavy (non-hydrogen) atoms. The predicted molar refractivity (Wildman–Crippen MR) is 74.2 cm³/mol. The van der Waals surface area contributed by atoms with Gasteiger partial charge in [0.2, 0.25) is 0 Å². The lowest BCUT2D eigenvalue weighted by atomic mass is 10.0. The molecule has 2 aromatic rings. The van der Waals surface area contributed by atoms with Crippen molar-refractivity contribution < 1.29 is 0 Å². The summed E-state index contributed by atoms with van der Waals surface area (Å²) in [5.74, 6) is 5.63. The van der Waals surface area contributed by atoms with Gasteiger partial charge in [-0.05, 0) is 36.2 Å². The highest BCUT2D eigenvalue weighted by Gasteiger charge is 2.12. The number of hydrogen-bond donors (Lipinski definition) is 2. The largest absolute Gasteiger partial charge is 0.271 e. The first-order valence-electron chi connectivity index (χ1n) is 5.83. The zero-order valence-corrected chi connectivity index (χ0v) is 11.0. The molecule has 0 radical (unpaired) electrons. The van der Waals surface area contributed by atoms with E-state index in [1.165, 1.54) is 0 Å². The average molecular weight is 262 g/mol. The number of hydrogen-bond acceptors (Lipinski definition) is 3. The minimum Gasteiger partial charge on any atom is -0.271 e. The van der Waals surface area contributed by atoms with Crippen LogP contribution in [-0.2, 0) is 6.42 Å². The zero-order chi connectivity index (χ0) is 13.0. The molecular formula is C14H16ClN3. The third kappa shape index (κ3) is 3.07. The Kier molecular flexibility index (Phi) is 4.31. The molecule has 1 unspecified atom stereocenters. The van der Waals surface area contributed by atoms with Crippen LogP contribution >= 0.6 is 11.6 Å². The smallest absolute Gasteiger partial charge is 0.0515 e. The Balaban J connectivity index is 2.20. The van der Waals surface area contributed by atoms with Gasteiger partial charge in [-0.2, -0.15) is 0 Å². The average Bonchev–Trinajstić information content (AvgIpc) is 2.40. The number of pyridine rings is 1. The maximum Gasteiger partial charge on any atom is 0.0515 e. The minimum atomic E-state index is 0.0378. The van der Waals surface area contributed by atoms with Crippen molar-refractivity contribution in [2.24, 2.45) is 5.84 Å². The molecule has 3 N–H and O–H groups in total. The molecule has 0 spiro atoms. The standard InChI is InChI=1S/C14H16ClN3/c1-10-8-11(5-6-13(10)15)14(18-16)9-12-4-2-3-7-17-12/h2-8,14,18H,9,16H2,1H3. The molecule has 3 nitrogen and oxygen atoms in total. The van der Waals surface area contributed by atoms with Gasteiger partial charge in [0, 0.05) is 23.3 Å². The van der Waals surface area contributed by atoms with Crippen LogP contribution in [-0.4, -0.2) is 4.98 Å². The molecule has 2 rings (SSSR count). The number of rotatable bonds is 4. The van der Waals surface area contributed by atoms with Crippen LogP contribution in [0.25, 0.3) is 0 Å². The Hall–Kier alpha value is -1.42. The van der Waals surface area contributed by atoms with Gasteiger partial charge < -0.3 is 0 Å². The number of aromatic nitrogens is 1. The van der Waals surface area contributed by atoms with Crippen molar-refractivity contribution in [1.29, 1.82) is 0 Å². The molecule has 94 valence electrons. The highest BCUT2D eigenvalue weighted by atomic mass is 35.5. The first kappa shape index (κ1) is 13.0. The van der Waals surface area contributed by atoms with Gasteiger partial charge in [-0.1, -0.05) is 29.8 Å². The van der Waals surface area contributed by atoms with Gasteiger partial charge in [-0.15, -0.1) is 0 Å². The molecule has 1 atom stereocenters. The van der Waals surface area contributed by atoms with Crippen LogP contribution in [0.5, 0.6) is 0 Å². The molecule has 0 fully saturated rings. The Bertz CT molecular complexity index is 514. The van der Waals surface area contributed by atoms with Gasteiger partial charge in [0.1, 0.15) is 0 Å². The van der Waals surface area contributed by atoms with Crippen molar-refractivity contribution in [2.45, 2.75) is 19.4 Å². The normalized spacial score (nSPS) is 12.4. The second-order valence-corrected chi connectivity index (χ2v) is 4.66. The number of benzene rings is 1. The van der Waals surface area contributed by atoms with Crippen molar-refractivity contribution in [3.8, 4) is 0 Å². The molecule has 0 amide bonds. The molecule has 0 saturated heterocycles. The predicted octanol–water partition coefficient (Wildman–Crippen LogP) is 2.79. The van der Waals surface area contributed by atoms with E-state index in [9.17, 15) is 0 Å². The Labute approximate surface area is 112 Å². The second kappa shape index (κ2) is 5.96. The Morgan fingerprint density at radius 2 is 2.17 bits per heavy atom. The first-order chi connectivity index (χ1) is 8.70. The summed E-state index contributed by atoms with van der Waals surface area (Å²) in [7, 11) is 0. The zero-order valence-electron chi connectivity index (χ0n) is 10.2. The summed E-state index contributed by atoms with van der Waals surface area (Å²) in [6.45, 7) is 1.99. The van der Waals surface area contributed by atoms with Crippen LogP contribution in [0.3, 0.4) is 0 Å². The van der Waals surface area contributed by atoms with E-state index < -0.39 is 0 Å². The number of nitrogens with zero attached hydrogens (tertiary/aromatic N) is 1. The second-order valence-electron chi connectivity index (χ2n) is 4.25. The summed E-state index contributed by atoms with van der Waals surface area (Å²) >= 11 is 6.02. The fourth-order valence-electron chi connectivity index (χ4n) is 1.89. The number of aryl methyl sites for hydroxylation is 1. The van der Waals surface area contributed by atoms with E-state index in [-0.39, 0.29) is 6.04 Å². The van der Waals surface area contributed by atoms with Crippen molar-refractivity contribution in [3.05, 3.63) is 64.4 Å². The lowest BCUT2D eigenvalue weighted by Crippen LogP contribution is -2.29. The molecular weight excluding hydrogens is 246 g/mol. The van der Waals surface area contributed by atoms with Gasteiger partial charge in [-0.25, -0.2) is 0 Å². The fourth-order valence-corrected chi connectivity index (χ4v) is 2.00. The topological polar surface area (TPSA) is 50.9 Å². The SMILES string of the molecule is Cc1cc(C(Cc2ccccn2)NN)ccc1Cl. The van der Waals surface area contributed by atoms with Crippen molar-refractivity contribution in [2.75, 3.05) is 0 Å². The Morgan fingerprint density at radius 3 is 2.78 bits per heavy atom. The van der Waals surface area contributed by atoms with Crippen LogP contribution < -0.4 is 11.3 Å². The first-order valence-corrected chi connectivity index (χ1v) is 6.20. The van der Waals surface area contributed by atoms with Gasteiger partial charge in [0.25, 0.3) is 0 Å². The summed E-state index contributed by atoms with van der Waals surface area (Å²) in [6, 6.07) is 11.8. The van der Waals surface area contributed by atoms with Crippen LogP contribution in [0.4, 0.5) is 0 Å². The number of halogens is 1. The van der Waals surface area contributed by atoms with Crippen molar-refractivity contribution in [3.63, 3.8) is 0 Å². The van der Waals surface area contributed by atoms with E-state index in [1.54, 1.807) is 6.20 Å². The quantitative estimate of drug-likeness (QED) is 0.657. The number of nitrogens with two attached hydrogens (primary N) is 1. The molecule has 1 aromatic carbocycles. The van der Waals surface area contributed by atoms with Crippen molar-refractivity contribution in [1.82, 2.24) is 10.4 Å². The molecule has 0 aliphatic rings. The van der Waals surface area contributed by atoms with Crippen molar-refractivity contribution >= 4 is 11.6 Å². The maximum atomic E-state index is 6.02. The van der Waals surface area contributed by atoms with Gasteiger partial charge in [0.15, 0.2) is 0 Å². The summed E-state index contributed by atoms with van der Waals surface area (Å²) in [5.41, 5.74) is 6.01. The lowest BCUT2D eigenvalue weighted by molar-refractivity contribution is 0.545. The van der Waals surface area contributed by atoms with Crippen LogP contribution in [0.1, 0.15) is 22.9 Å². The lowest BCUT2D eigenvalue weighted by Gasteiger charge is -2.16. The van der Waals surface area contributed by atoms with Gasteiger partial charge >= 0.3 is 0 Å². The molecule has 0 aliphatic heterocycles. The van der Waals surface area contributed by atoms with Gasteiger partial charge in [-0.3, -0.25) is 16.3 Å². The van der Waals surface area contributed by atoms with Gasteiger partial charge in [0.05, 0.1) is 6.04 Å². The van der Waals surface area contributed by atoms with E-state index >= 15 is 0 Å². The highest BCUT2D eigenvalue weighted by molar-refractivity contribution is 6.31. The van der Waals surface area contributed by atoms with Crippen LogP contribution in [0.2, 0.25) is 5.02 Å². The fraction of sp³-hybridized carbons (Fsp3) is 0.214.